The third-order valence-electron chi connectivity index (χ3n) is 7.02. The third-order valence-corrected chi connectivity index (χ3v) is 7.02. The predicted molar refractivity (Wildman–Crippen MR) is 155 cm³/mol. The minimum Gasteiger partial charge on any atom is -0.463 e. The standard InChI is InChI=1S/C35H32O2/c1-3-34(36)37-22-9-8-12-26-18-20-28(21-19-26)35-31-16-6-4-14-29(31)33(30-15-5-7-17-32(30)35)24-27-13-10-11-25(2)23-27/h3-7,10-11,13-21,23H,1,8-9,12,22,24H2,2H3. The Hall–Kier alpha value is -4.17. The fraction of sp³-hybridized carbons (Fsp3) is 0.171. The highest BCUT2D eigenvalue weighted by Gasteiger charge is 2.15. The van der Waals surface area contributed by atoms with Crippen molar-refractivity contribution >= 4 is 27.5 Å². The van der Waals surface area contributed by atoms with Gasteiger partial charge in [0.15, 0.2) is 0 Å². The second-order valence-electron chi connectivity index (χ2n) is 9.64. The molecule has 0 aromatic heterocycles. The Morgan fingerprint density at radius 3 is 2.03 bits per heavy atom. The van der Waals surface area contributed by atoms with Crippen molar-refractivity contribution in [3.8, 4) is 11.1 Å². The molecule has 0 aliphatic heterocycles. The number of carbonyl (C=O) groups excluding carboxylic acids is 1. The number of rotatable bonds is 9. The molecule has 0 heterocycles. The first-order valence-electron chi connectivity index (χ1n) is 13.0. The molecule has 0 unspecified atom stereocenters. The maximum atomic E-state index is 11.2. The molecule has 5 rings (SSSR count). The number of ether oxygens (including phenoxy) is 1. The summed E-state index contributed by atoms with van der Waals surface area (Å²) in [5.74, 6) is -0.353. The van der Waals surface area contributed by atoms with Crippen LogP contribution in [0, 0.1) is 6.92 Å². The first kappa shape index (κ1) is 24.5. The average Bonchev–Trinajstić information content (AvgIpc) is 2.93. The van der Waals surface area contributed by atoms with Gasteiger partial charge in [0.05, 0.1) is 6.61 Å². The second-order valence-corrected chi connectivity index (χ2v) is 9.64. The molecular weight excluding hydrogens is 452 g/mol. The van der Waals surface area contributed by atoms with Gasteiger partial charge in [0, 0.05) is 6.08 Å². The van der Waals surface area contributed by atoms with Gasteiger partial charge in [-0.25, -0.2) is 4.79 Å². The normalized spacial score (nSPS) is 11.1. The lowest BCUT2D eigenvalue weighted by Crippen LogP contribution is -2.02. The summed E-state index contributed by atoms with van der Waals surface area (Å²) in [5.41, 5.74) is 7.84. The van der Waals surface area contributed by atoms with Gasteiger partial charge >= 0.3 is 5.97 Å². The topological polar surface area (TPSA) is 26.3 Å². The van der Waals surface area contributed by atoms with E-state index in [1.165, 1.54) is 61.0 Å². The zero-order chi connectivity index (χ0) is 25.6. The van der Waals surface area contributed by atoms with E-state index in [0.717, 1.165) is 25.7 Å². The molecule has 0 N–H and O–H groups in total. The lowest BCUT2D eigenvalue weighted by Gasteiger charge is -2.18. The Morgan fingerprint density at radius 1 is 0.757 bits per heavy atom. The fourth-order valence-electron chi connectivity index (χ4n) is 5.25. The maximum absolute atomic E-state index is 11.2. The first-order chi connectivity index (χ1) is 18.1. The molecule has 5 aromatic carbocycles. The van der Waals surface area contributed by atoms with Crippen molar-refractivity contribution in [2.45, 2.75) is 32.6 Å². The van der Waals surface area contributed by atoms with Crippen LogP contribution in [0.15, 0.2) is 110 Å². The Morgan fingerprint density at radius 2 is 1.41 bits per heavy atom. The molecule has 2 nitrogen and oxygen atoms in total. The third kappa shape index (κ3) is 5.49. The quantitative estimate of drug-likeness (QED) is 0.0906. The van der Waals surface area contributed by atoms with E-state index in [1.54, 1.807) is 0 Å². The molecule has 184 valence electrons. The lowest BCUT2D eigenvalue weighted by molar-refractivity contribution is -0.137. The lowest BCUT2D eigenvalue weighted by atomic mass is 9.86. The molecule has 2 heteroatoms. The molecule has 0 saturated heterocycles. The van der Waals surface area contributed by atoms with E-state index in [-0.39, 0.29) is 5.97 Å². The molecule has 0 aliphatic rings. The minimum absolute atomic E-state index is 0.353. The largest absolute Gasteiger partial charge is 0.463 e. The Labute approximate surface area is 219 Å². The number of hydrogen-bond donors (Lipinski definition) is 0. The van der Waals surface area contributed by atoms with Gasteiger partial charge in [-0.05, 0) is 82.0 Å². The minimum atomic E-state index is -0.353. The Kier molecular flexibility index (Phi) is 7.46. The predicted octanol–water partition coefficient (Wildman–Crippen LogP) is 8.61. The Balaban J connectivity index is 1.49. The summed E-state index contributed by atoms with van der Waals surface area (Å²) in [4.78, 5) is 11.2. The molecule has 0 atom stereocenters. The van der Waals surface area contributed by atoms with Crippen LogP contribution in [0.5, 0.6) is 0 Å². The van der Waals surface area contributed by atoms with Crippen molar-refractivity contribution in [3.63, 3.8) is 0 Å². The molecule has 0 amide bonds. The van der Waals surface area contributed by atoms with Crippen LogP contribution < -0.4 is 0 Å². The van der Waals surface area contributed by atoms with Crippen LogP contribution in [0.1, 0.15) is 35.1 Å². The highest BCUT2D eigenvalue weighted by atomic mass is 16.5. The van der Waals surface area contributed by atoms with Crippen LogP contribution in [-0.4, -0.2) is 12.6 Å². The van der Waals surface area contributed by atoms with E-state index >= 15 is 0 Å². The summed E-state index contributed by atoms with van der Waals surface area (Å²) in [7, 11) is 0. The second kappa shape index (κ2) is 11.3. The molecular formula is C35H32O2. The summed E-state index contributed by atoms with van der Waals surface area (Å²) in [6.07, 6.45) is 4.90. The average molecular weight is 485 g/mol. The van der Waals surface area contributed by atoms with Crippen LogP contribution in [-0.2, 0) is 22.4 Å². The van der Waals surface area contributed by atoms with Crippen molar-refractivity contribution in [1.29, 1.82) is 0 Å². The van der Waals surface area contributed by atoms with Crippen molar-refractivity contribution < 1.29 is 9.53 Å². The summed E-state index contributed by atoms with van der Waals surface area (Å²) >= 11 is 0. The van der Waals surface area contributed by atoms with Gasteiger partial charge in [-0.15, -0.1) is 0 Å². The molecule has 37 heavy (non-hydrogen) atoms. The molecule has 0 saturated carbocycles. The highest BCUT2D eigenvalue weighted by Crippen LogP contribution is 2.40. The zero-order valence-corrected chi connectivity index (χ0v) is 21.4. The number of esters is 1. The van der Waals surface area contributed by atoms with Gasteiger partial charge in [-0.1, -0.05) is 109 Å². The van der Waals surface area contributed by atoms with E-state index in [1.807, 2.05) is 0 Å². The van der Waals surface area contributed by atoms with Gasteiger partial charge in [-0.2, -0.15) is 0 Å². The summed E-state index contributed by atoms with van der Waals surface area (Å²) in [6, 6.07) is 35.4. The van der Waals surface area contributed by atoms with Crippen LogP contribution in [0.25, 0.3) is 32.7 Å². The summed E-state index contributed by atoms with van der Waals surface area (Å²) in [5, 5.41) is 5.22. The number of benzene rings is 5. The maximum Gasteiger partial charge on any atom is 0.330 e. The SMILES string of the molecule is C=CC(=O)OCCCCc1ccc(-c2c3ccccc3c(Cc3cccc(C)c3)c3ccccc23)cc1. The molecule has 0 aliphatic carbocycles. The monoisotopic (exact) mass is 484 g/mol. The summed E-state index contributed by atoms with van der Waals surface area (Å²) < 4.78 is 5.08. The molecule has 0 radical (unpaired) electrons. The molecule has 0 fully saturated rings. The van der Waals surface area contributed by atoms with Crippen molar-refractivity contribution in [1.82, 2.24) is 0 Å². The first-order valence-corrected chi connectivity index (χ1v) is 13.0. The number of hydrogen-bond acceptors (Lipinski definition) is 2. The zero-order valence-electron chi connectivity index (χ0n) is 21.4. The van der Waals surface area contributed by atoms with Crippen molar-refractivity contribution in [2.75, 3.05) is 6.61 Å². The Bertz CT molecular complexity index is 1500. The number of carbonyl (C=O) groups is 1. The number of fused-ring (bicyclic) bond motifs is 2. The fourth-order valence-corrected chi connectivity index (χ4v) is 5.25. The highest BCUT2D eigenvalue weighted by molar-refractivity contribution is 6.15. The van der Waals surface area contributed by atoms with Gasteiger partial charge in [0.2, 0.25) is 0 Å². The van der Waals surface area contributed by atoms with E-state index in [2.05, 4.69) is 111 Å². The van der Waals surface area contributed by atoms with Crippen LogP contribution >= 0.6 is 0 Å². The van der Waals surface area contributed by atoms with Crippen LogP contribution in [0.3, 0.4) is 0 Å². The number of aryl methyl sites for hydroxylation is 2. The van der Waals surface area contributed by atoms with E-state index in [0.29, 0.717) is 6.61 Å². The van der Waals surface area contributed by atoms with E-state index in [9.17, 15) is 4.79 Å². The van der Waals surface area contributed by atoms with Crippen molar-refractivity contribution in [2.24, 2.45) is 0 Å². The molecule has 0 bridgehead atoms. The van der Waals surface area contributed by atoms with Crippen molar-refractivity contribution in [3.05, 3.63) is 132 Å². The number of unbranched alkanes of at least 4 members (excludes halogenated alkanes) is 1. The van der Waals surface area contributed by atoms with E-state index in [4.69, 9.17) is 4.74 Å². The van der Waals surface area contributed by atoms with Gasteiger partial charge in [0.1, 0.15) is 0 Å². The molecule has 5 aromatic rings. The van der Waals surface area contributed by atoms with Gasteiger partial charge in [0.25, 0.3) is 0 Å². The van der Waals surface area contributed by atoms with Crippen LogP contribution in [0.2, 0.25) is 0 Å². The van der Waals surface area contributed by atoms with E-state index < -0.39 is 0 Å². The van der Waals surface area contributed by atoms with Gasteiger partial charge < -0.3 is 4.74 Å². The molecule has 0 spiro atoms. The smallest absolute Gasteiger partial charge is 0.330 e. The van der Waals surface area contributed by atoms with Gasteiger partial charge in [-0.3, -0.25) is 0 Å². The van der Waals surface area contributed by atoms with Crippen LogP contribution in [0.4, 0.5) is 0 Å². The summed E-state index contributed by atoms with van der Waals surface area (Å²) in [6.45, 7) is 6.03.